The summed E-state index contributed by atoms with van der Waals surface area (Å²) in [6, 6.07) is 6.62. The fraction of sp³-hybridized carbons (Fsp3) is 0.625. The van der Waals surface area contributed by atoms with Crippen molar-refractivity contribution >= 4 is 0 Å². The van der Waals surface area contributed by atoms with Crippen LogP contribution in [-0.2, 0) is 17.6 Å². The van der Waals surface area contributed by atoms with Gasteiger partial charge in [-0.05, 0) is 48.9 Å². The van der Waals surface area contributed by atoms with Gasteiger partial charge in [0.05, 0.1) is 0 Å². The van der Waals surface area contributed by atoms with E-state index in [1.54, 1.807) is 0 Å². The van der Waals surface area contributed by atoms with Crippen molar-refractivity contribution in [3.05, 3.63) is 29.3 Å². The number of benzene rings is 1. The zero-order chi connectivity index (χ0) is 13.2. The van der Waals surface area contributed by atoms with E-state index in [1.807, 2.05) is 0 Å². The van der Waals surface area contributed by atoms with Gasteiger partial charge in [0.15, 0.2) is 0 Å². The van der Waals surface area contributed by atoms with Crippen molar-refractivity contribution in [2.24, 2.45) is 5.73 Å². The van der Waals surface area contributed by atoms with Crippen LogP contribution >= 0.6 is 0 Å². The minimum atomic E-state index is 0.0632. The molecule has 1 aromatic rings. The number of aryl methyl sites for hydroxylation is 2. The van der Waals surface area contributed by atoms with Gasteiger partial charge in [0.1, 0.15) is 18.0 Å². The van der Waals surface area contributed by atoms with Crippen molar-refractivity contribution < 1.29 is 9.47 Å². The molecule has 104 valence electrons. The highest BCUT2D eigenvalue weighted by molar-refractivity contribution is 5.38. The zero-order valence-electron chi connectivity index (χ0n) is 11.6. The lowest BCUT2D eigenvalue weighted by molar-refractivity contribution is -0.0980. The largest absolute Gasteiger partial charge is 0.488 e. The van der Waals surface area contributed by atoms with E-state index in [1.165, 1.54) is 30.4 Å². The van der Waals surface area contributed by atoms with Crippen molar-refractivity contribution in [2.45, 2.75) is 57.3 Å². The Morgan fingerprint density at radius 2 is 2.11 bits per heavy atom. The molecule has 1 aromatic carbocycles. The number of hydrogen-bond donors (Lipinski definition) is 1. The summed E-state index contributed by atoms with van der Waals surface area (Å²) in [6.07, 6.45) is 5.78. The molecule has 0 heterocycles. The Morgan fingerprint density at radius 1 is 1.26 bits per heavy atom. The molecule has 2 aliphatic carbocycles. The highest BCUT2D eigenvalue weighted by Crippen LogP contribution is 2.31. The van der Waals surface area contributed by atoms with E-state index in [0.717, 1.165) is 25.2 Å². The molecule has 0 aromatic heterocycles. The maximum Gasteiger partial charge on any atom is 0.128 e. The van der Waals surface area contributed by atoms with Crippen LogP contribution in [0.2, 0.25) is 0 Å². The molecule has 3 unspecified atom stereocenters. The van der Waals surface area contributed by atoms with E-state index >= 15 is 0 Å². The van der Waals surface area contributed by atoms with Crippen molar-refractivity contribution in [1.82, 2.24) is 0 Å². The topological polar surface area (TPSA) is 44.5 Å². The molecule has 3 atom stereocenters. The predicted molar refractivity (Wildman–Crippen MR) is 75.5 cm³/mol. The van der Waals surface area contributed by atoms with Crippen molar-refractivity contribution in [1.29, 1.82) is 0 Å². The number of rotatable bonds is 5. The predicted octanol–water partition coefficient (Wildman–Crippen LogP) is 2.45. The minimum Gasteiger partial charge on any atom is -0.488 e. The van der Waals surface area contributed by atoms with Crippen LogP contribution in [-0.4, -0.2) is 24.9 Å². The summed E-state index contributed by atoms with van der Waals surface area (Å²) in [5, 5.41) is 0. The van der Waals surface area contributed by atoms with Crippen LogP contribution in [0.5, 0.6) is 5.75 Å². The zero-order valence-corrected chi connectivity index (χ0v) is 11.6. The summed E-state index contributed by atoms with van der Waals surface area (Å²) in [5.74, 6) is 0.975. The Labute approximate surface area is 115 Å². The first kappa shape index (κ1) is 12.9. The van der Waals surface area contributed by atoms with Crippen molar-refractivity contribution in [3.63, 3.8) is 0 Å². The molecule has 3 rings (SSSR count). The van der Waals surface area contributed by atoms with Gasteiger partial charge in [0.25, 0.3) is 0 Å². The summed E-state index contributed by atoms with van der Waals surface area (Å²) in [4.78, 5) is 0. The lowest BCUT2D eigenvalue weighted by Crippen LogP contribution is -2.59. The molecule has 3 nitrogen and oxygen atoms in total. The third kappa shape index (κ3) is 2.63. The number of nitrogens with two attached hydrogens (primary N) is 1. The Bertz CT molecular complexity index is 446. The molecular weight excluding hydrogens is 238 g/mol. The molecule has 2 N–H and O–H groups in total. The highest BCUT2D eigenvalue weighted by atomic mass is 16.5. The summed E-state index contributed by atoms with van der Waals surface area (Å²) in [7, 11) is 0. The third-order valence-electron chi connectivity index (χ3n) is 4.16. The molecule has 1 fully saturated rings. The molecule has 0 spiro atoms. The Hall–Kier alpha value is -1.06. The molecule has 2 aliphatic rings. The van der Waals surface area contributed by atoms with Gasteiger partial charge < -0.3 is 15.2 Å². The van der Waals surface area contributed by atoms with Crippen LogP contribution in [0, 0.1) is 0 Å². The lowest BCUT2D eigenvalue weighted by atomic mass is 9.86. The molecule has 0 radical (unpaired) electrons. The quantitative estimate of drug-likeness (QED) is 0.885. The lowest BCUT2D eigenvalue weighted by Gasteiger charge is -2.41. The van der Waals surface area contributed by atoms with Crippen molar-refractivity contribution in [2.75, 3.05) is 6.61 Å². The van der Waals surface area contributed by atoms with E-state index in [9.17, 15) is 0 Å². The molecular formula is C16H23NO2. The van der Waals surface area contributed by atoms with Gasteiger partial charge in [-0.25, -0.2) is 0 Å². The normalized spacial score (nSPS) is 28.8. The number of ether oxygens (including phenoxy) is 2. The van der Waals surface area contributed by atoms with Gasteiger partial charge in [0.2, 0.25) is 0 Å². The number of hydrogen-bond acceptors (Lipinski definition) is 3. The van der Waals surface area contributed by atoms with Gasteiger partial charge in [-0.3, -0.25) is 0 Å². The third-order valence-corrected chi connectivity index (χ3v) is 4.16. The first-order chi connectivity index (χ1) is 9.28. The SMILES string of the molecule is CCCOC1C(N)CC1Oc1ccc2c(c1)CCC2. The van der Waals surface area contributed by atoms with E-state index in [4.69, 9.17) is 15.2 Å². The molecule has 0 saturated heterocycles. The van der Waals surface area contributed by atoms with Crippen LogP contribution in [0.15, 0.2) is 18.2 Å². The van der Waals surface area contributed by atoms with Gasteiger partial charge in [-0.1, -0.05) is 13.0 Å². The first-order valence-corrected chi connectivity index (χ1v) is 7.43. The van der Waals surface area contributed by atoms with E-state index < -0.39 is 0 Å². The molecule has 0 aliphatic heterocycles. The second-order valence-electron chi connectivity index (χ2n) is 5.68. The molecule has 3 heteroatoms. The van der Waals surface area contributed by atoms with Gasteiger partial charge in [-0.15, -0.1) is 0 Å². The summed E-state index contributed by atoms with van der Waals surface area (Å²) < 4.78 is 11.8. The summed E-state index contributed by atoms with van der Waals surface area (Å²) >= 11 is 0. The second-order valence-corrected chi connectivity index (χ2v) is 5.68. The van der Waals surface area contributed by atoms with E-state index in [0.29, 0.717) is 0 Å². The van der Waals surface area contributed by atoms with E-state index in [2.05, 4.69) is 25.1 Å². The smallest absolute Gasteiger partial charge is 0.128 e. The van der Waals surface area contributed by atoms with Crippen LogP contribution < -0.4 is 10.5 Å². The monoisotopic (exact) mass is 261 g/mol. The second kappa shape index (κ2) is 5.51. The van der Waals surface area contributed by atoms with Crippen LogP contribution in [0.4, 0.5) is 0 Å². The van der Waals surface area contributed by atoms with Gasteiger partial charge in [0, 0.05) is 19.1 Å². The minimum absolute atomic E-state index is 0.0632. The Balaban J connectivity index is 1.62. The molecule has 0 amide bonds. The number of fused-ring (bicyclic) bond motifs is 1. The standard InChI is InChI=1S/C16H23NO2/c1-2-8-18-16-14(17)10-15(16)19-13-7-6-11-4-3-5-12(11)9-13/h6-7,9,14-16H,2-5,8,10,17H2,1H3. The highest BCUT2D eigenvalue weighted by Gasteiger charge is 2.41. The first-order valence-electron chi connectivity index (χ1n) is 7.43. The van der Waals surface area contributed by atoms with E-state index in [-0.39, 0.29) is 18.2 Å². The maximum absolute atomic E-state index is 6.05. The van der Waals surface area contributed by atoms with Crippen LogP contribution in [0.25, 0.3) is 0 Å². The maximum atomic E-state index is 6.05. The fourth-order valence-corrected chi connectivity index (χ4v) is 3.01. The van der Waals surface area contributed by atoms with Crippen molar-refractivity contribution in [3.8, 4) is 5.75 Å². The molecule has 1 saturated carbocycles. The molecule has 0 bridgehead atoms. The summed E-state index contributed by atoms with van der Waals surface area (Å²) in [6.45, 7) is 2.88. The van der Waals surface area contributed by atoms with Crippen LogP contribution in [0.1, 0.15) is 37.3 Å². The van der Waals surface area contributed by atoms with Crippen LogP contribution in [0.3, 0.4) is 0 Å². The van der Waals surface area contributed by atoms with Gasteiger partial charge >= 0.3 is 0 Å². The Morgan fingerprint density at radius 3 is 2.89 bits per heavy atom. The van der Waals surface area contributed by atoms with Gasteiger partial charge in [-0.2, -0.15) is 0 Å². The Kier molecular flexibility index (Phi) is 3.76. The average Bonchev–Trinajstić information content (AvgIpc) is 2.86. The summed E-state index contributed by atoms with van der Waals surface area (Å²) in [5.41, 5.74) is 8.93. The molecule has 19 heavy (non-hydrogen) atoms. The fourth-order valence-electron chi connectivity index (χ4n) is 3.01. The average molecular weight is 261 g/mol.